The van der Waals surface area contributed by atoms with Crippen molar-refractivity contribution in [3.63, 3.8) is 0 Å². The van der Waals surface area contributed by atoms with Gasteiger partial charge in [0.15, 0.2) is 0 Å². The first kappa shape index (κ1) is 13.1. The first-order valence-electron chi connectivity index (χ1n) is 5.98. The largest absolute Gasteiger partial charge is 0.377 e. The van der Waals surface area contributed by atoms with Crippen molar-refractivity contribution in [3.05, 3.63) is 64.1 Å². The summed E-state index contributed by atoms with van der Waals surface area (Å²) in [6, 6.07) is 16.7. The molecule has 2 nitrogen and oxygen atoms in total. The van der Waals surface area contributed by atoms with Gasteiger partial charge in [0.1, 0.15) is 0 Å². The van der Waals surface area contributed by atoms with E-state index in [1.54, 1.807) is 0 Å². The van der Waals surface area contributed by atoms with Crippen LogP contribution in [-0.2, 0) is 0 Å². The van der Waals surface area contributed by atoms with Crippen LogP contribution in [0.1, 0.15) is 17.2 Å². The summed E-state index contributed by atoms with van der Waals surface area (Å²) in [5, 5.41) is 3.46. The second kappa shape index (κ2) is 6.03. The molecule has 0 amide bonds. The summed E-state index contributed by atoms with van der Waals surface area (Å²) in [6.45, 7) is 2.65. The summed E-state index contributed by atoms with van der Waals surface area (Å²) in [4.78, 5) is 0. The normalized spacial score (nSPS) is 12.2. The Morgan fingerprint density at radius 3 is 2.50 bits per heavy atom. The van der Waals surface area contributed by atoms with Gasteiger partial charge in [-0.2, -0.15) is 0 Å². The van der Waals surface area contributed by atoms with Crippen LogP contribution in [0, 0.1) is 6.92 Å². The van der Waals surface area contributed by atoms with Gasteiger partial charge in [-0.15, -0.1) is 0 Å². The molecule has 2 aromatic carbocycles. The number of benzene rings is 2. The predicted molar refractivity (Wildman–Crippen MR) is 80.7 cm³/mol. The number of hydrogen-bond acceptors (Lipinski definition) is 2. The summed E-state index contributed by atoms with van der Waals surface area (Å²) < 4.78 is 1.08. The highest BCUT2D eigenvalue weighted by Gasteiger charge is 2.09. The van der Waals surface area contributed by atoms with Crippen LogP contribution in [0.3, 0.4) is 0 Å². The molecule has 0 aliphatic rings. The van der Waals surface area contributed by atoms with Gasteiger partial charge in [-0.05, 0) is 42.3 Å². The second-order valence-electron chi connectivity index (χ2n) is 4.35. The molecule has 0 spiro atoms. The molecule has 0 bridgehead atoms. The fourth-order valence-electron chi connectivity index (χ4n) is 1.91. The number of hydrogen-bond donors (Lipinski definition) is 2. The van der Waals surface area contributed by atoms with E-state index in [1.165, 1.54) is 11.1 Å². The summed E-state index contributed by atoms with van der Waals surface area (Å²) in [5.74, 6) is 0. The van der Waals surface area contributed by atoms with Crippen LogP contribution in [0.4, 0.5) is 5.69 Å². The molecule has 18 heavy (non-hydrogen) atoms. The van der Waals surface area contributed by atoms with Gasteiger partial charge >= 0.3 is 0 Å². The molecule has 0 heterocycles. The lowest BCUT2D eigenvalue weighted by Crippen LogP contribution is -2.20. The summed E-state index contributed by atoms with van der Waals surface area (Å²) in [6.07, 6.45) is 0. The van der Waals surface area contributed by atoms with Gasteiger partial charge in [0.05, 0.1) is 6.04 Å². The quantitative estimate of drug-likeness (QED) is 0.900. The standard InChI is InChI=1S/C15H17BrN2/c1-11-3-2-4-14(9-11)18-15(10-17)12-5-7-13(16)8-6-12/h2-9,15,18H,10,17H2,1H3. The zero-order valence-electron chi connectivity index (χ0n) is 10.4. The molecule has 0 aliphatic heterocycles. The summed E-state index contributed by atoms with van der Waals surface area (Å²) in [5.41, 5.74) is 9.40. The molecule has 0 saturated heterocycles. The third-order valence-corrected chi connectivity index (χ3v) is 3.40. The molecule has 0 saturated carbocycles. The Balaban J connectivity index is 2.17. The molecule has 2 aromatic rings. The number of nitrogens with one attached hydrogen (secondary N) is 1. The Bertz CT molecular complexity index is 508. The number of anilines is 1. The molecule has 3 N–H and O–H groups in total. The molecule has 0 aliphatic carbocycles. The van der Waals surface area contributed by atoms with E-state index in [-0.39, 0.29) is 6.04 Å². The molecule has 3 heteroatoms. The Kier molecular flexibility index (Phi) is 4.39. The highest BCUT2D eigenvalue weighted by atomic mass is 79.9. The minimum Gasteiger partial charge on any atom is -0.377 e. The van der Waals surface area contributed by atoms with E-state index in [1.807, 2.05) is 18.2 Å². The summed E-state index contributed by atoms with van der Waals surface area (Å²) >= 11 is 3.44. The van der Waals surface area contributed by atoms with E-state index in [9.17, 15) is 0 Å². The van der Waals surface area contributed by atoms with Crippen molar-refractivity contribution in [2.45, 2.75) is 13.0 Å². The van der Waals surface area contributed by atoms with Crippen molar-refractivity contribution in [1.82, 2.24) is 0 Å². The minimum atomic E-state index is 0.139. The Morgan fingerprint density at radius 1 is 1.17 bits per heavy atom. The Labute approximate surface area is 116 Å². The van der Waals surface area contributed by atoms with E-state index in [0.717, 1.165) is 10.2 Å². The monoisotopic (exact) mass is 304 g/mol. The lowest BCUT2D eigenvalue weighted by atomic mass is 10.1. The van der Waals surface area contributed by atoms with Crippen molar-refractivity contribution in [2.24, 2.45) is 5.73 Å². The van der Waals surface area contributed by atoms with Crippen LogP contribution in [0.25, 0.3) is 0 Å². The number of rotatable bonds is 4. The Morgan fingerprint density at radius 2 is 1.89 bits per heavy atom. The minimum absolute atomic E-state index is 0.139. The van der Waals surface area contributed by atoms with Crippen molar-refractivity contribution in [1.29, 1.82) is 0 Å². The van der Waals surface area contributed by atoms with Crippen molar-refractivity contribution >= 4 is 21.6 Å². The van der Waals surface area contributed by atoms with Crippen LogP contribution < -0.4 is 11.1 Å². The van der Waals surface area contributed by atoms with Gasteiger partial charge in [0, 0.05) is 16.7 Å². The molecule has 0 fully saturated rings. The van der Waals surface area contributed by atoms with Crippen molar-refractivity contribution in [3.8, 4) is 0 Å². The fraction of sp³-hybridized carbons (Fsp3) is 0.200. The van der Waals surface area contributed by atoms with Gasteiger partial charge in [-0.3, -0.25) is 0 Å². The molecule has 1 unspecified atom stereocenters. The van der Waals surface area contributed by atoms with Crippen LogP contribution in [0.5, 0.6) is 0 Å². The molecular formula is C15H17BrN2. The van der Waals surface area contributed by atoms with Crippen molar-refractivity contribution < 1.29 is 0 Å². The molecular weight excluding hydrogens is 288 g/mol. The Hall–Kier alpha value is -1.32. The average Bonchev–Trinajstić information content (AvgIpc) is 2.37. The van der Waals surface area contributed by atoms with E-state index in [4.69, 9.17) is 5.73 Å². The SMILES string of the molecule is Cc1cccc(NC(CN)c2ccc(Br)cc2)c1. The van der Waals surface area contributed by atoms with Crippen LogP contribution in [-0.4, -0.2) is 6.54 Å². The molecule has 0 aromatic heterocycles. The number of halogens is 1. The molecule has 2 rings (SSSR count). The van der Waals surface area contributed by atoms with Gasteiger partial charge in [-0.25, -0.2) is 0 Å². The van der Waals surface area contributed by atoms with Gasteiger partial charge < -0.3 is 11.1 Å². The van der Waals surface area contributed by atoms with Crippen molar-refractivity contribution in [2.75, 3.05) is 11.9 Å². The van der Waals surface area contributed by atoms with Crippen LogP contribution in [0.15, 0.2) is 53.0 Å². The average molecular weight is 305 g/mol. The zero-order valence-corrected chi connectivity index (χ0v) is 11.9. The number of nitrogens with two attached hydrogens (primary N) is 1. The lowest BCUT2D eigenvalue weighted by Gasteiger charge is -2.19. The maximum Gasteiger partial charge on any atom is 0.0636 e. The van der Waals surface area contributed by atoms with E-state index in [2.05, 4.69) is 58.5 Å². The third kappa shape index (κ3) is 3.34. The smallest absolute Gasteiger partial charge is 0.0636 e. The highest BCUT2D eigenvalue weighted by molar-refractivity contribution is 9.10. The fourth-order valence-corrected chi connectivity index (χ4v) is 2.17. The van der Waals surface area contributed by atoms with Gasteiger partial charge in [0.25, 0.3) is 0 Å². The molecule has 0 radical (unpaired) electrons. The topological polar surface area (TPSA) is 38.0 Å². The first-order valence-corrected chi connectivity index (χ1v) is 6.77. The van der Waals surface area contributed by atoms with Gasteiger partial charge in [-0.1, -0.05) is 40.2 Å². The zero-order chi connectivity index (χ0) is 13.0. The van der Waals surface area contributed by atoms with E-state index in [0.29, 0.717) is 6.54 Å². The summed E-state index contributed by atoms with van der Waals surface area (Å²) in [7, 11) is 0. The van der Waals surface area contributed by atoms with Crippen LogP contribution in [0.2, 0.25) is 0 Å². The maximum absolute atomic E-state index is 5.85. The number of aryl methyl sites for hydroxylation is 1. The van der Waals surface area contributed by atoms with E-state index < -0.39 is 0 Å². The lowest BCUT2D eigenvalue weighted by molar-refractivity contribution is 0.789. The van der Waals surface area contributed by atoms with Gasteiger partial charge in [0.2, 0.25) is 0 Å². The maximum atomic E-state index is 5.85. The molecule has 94 valence electrons. The first-order chi connectivity index (χ1) is 8.69. The van der Waals surface area contributed by atoms with E-state index >= 15 is 0 Å². The predicted octanol–water partition coefficient (Wildman–Crippen LogP) is 3.87. The molecule has 1 atom stereocenters. The second-order valence-corrected chi connectivity index (χ2v) is 5.27. The highest BCUT2D eigenvalue weighted by Crippen LogP contribution is 2.21. The van der Waals surface area contributed by atoms with Crippen LogP contribution >= 0.6 is 15.9 Å². The third-order valence-electron chi connectivity index (χ3n) is 2.87.